The maximum Gasteiger partial charge on any atom is 0.322 e. The van der Waals surface area contributed by atoms with Crippen molar-refractivity contribution >= 4 is 26.1 Å². The molecule has 0 fully saturated rings. The van der Waals surface area contributed by atoms with Crippen LogP contribution in [0, 0.1) is 6.92 Å². The van der Waals surface area contributed by atoms with Crippen molar-refractivity contribution in [2.45, 2.75) is 13.0 Å². The molecule has 1 aromatic heterocycles. The summed E-state index contributed by atoms with van der Waals surface area (Å²) in [6, 6.07) is 8.63. The Morgan fingerprint density at radius 1 is 1.33 bits per heavy atom. The molecular formula is C13H16BrN3O3S. The van der Waals surface area contributed by atoms with Gasteiger partial charge in [-0.25, -0.2) is 0 Å². The Morgan fingerprint density at radius 3 is 2.57 bits per heavy atom. The van der Waals surface area contributed by atoms with Crippen LogP contribution in [0.4, 0.5) is 0 Å². The number of aryl methyl sites for hydroxylation is 1. The Hall–Kier alpha value is -1.22. The van der Waals surface area contributed by atoms with E-state index >= 15 is 0 Å². The summed E-state index contributed by atoms with van der Waals surface area (Å²) in [4.78, 5) is 0. The molecule has 0 saturated carbocycles. The van der Waals surface area contributed by atoms with Crippen LogP contribution in [0.5, 0.6) is 0 Å². The molecule has 0 spiro atoms. The van der Waals surface area contributed by atoms with Gasteiger partial charge in [0.25, 0.3) is 0 Å². The second-order valence-corrected chi connectivity index (χ2v) is 7.69. The maximum atomic E-state index is 12.3. The van der Waals surface area contributed by atoms with Crippen LogP contribution in [0.3, 0.4) is 0 Å². The Bertz CT molecular complexity index is 756. The first-order valence-corrected chi connectivity index (χ1v) is 8.35. The number of aliphatic hydroxyl groups is 1. The number of benzene rings is 1. The molecule has 21 heavy (non-hydrogen) atoms. The van der Waals surface area contributed by atoms with Crippen LogP contribution < -0.4 is 0 Å². The number of aliphatic hydroxyl groups excluding tert-OH is 1. The number of hydrogen-bond acceptors (Lipinski definition) is 4. The number of aromatic nitrogens is 2. The Balaban J connectivity index is 2.55. The second kappa shape index (κ2) is 5.88. The molecule has 6 nitrogen and oxygen atoms in total. The van der Waals surface area contributed by atoms with Gasteiger partial charge in [-0.3, -0.25) is 0 Å². The maximum absolute atomic E-state index is 12.3. The molecule has 1 unspecified atom stereocenters. The first-order valence-electron chi connectivity index (χ1n) is 6.16. The molecule has 1 atom stereocenters. The fourth-order valence-electron chi connectivity index (χ4n) is 1.87. The summed E-state index contributed by atoms with van der Waals surface area (Å²) in [5.41, 5.74) is 1.31. The number of hydrogen-bond donors (Lipinski definition) is 1. The zero-order valence-corrected chi connectivity index (χ0v) is 14.3. The number of rotatable bonds is 4. The van der Waals surface area contributed by atoms with E-state index in [0.717, 1.165) is 12.9 Å². The van der Waals surface area contributed by atoms with E-state index in [4.69, 9.17) is 0 Å². The van der Waals surface area contributed by atoms with Crippen LogP contribution in [-0.2, 0) is 10.2 Å². The largest absolute Gasteiger partial charge is 0.382 e. The van der Waals surface area contributed by atoms with Crippen LogP contribution in [0.2, 0.25) is 0 Å². The molecule has 1 heterocycles. The lowest BCUT2D eigenvalue weighted by Crippen LogP contribution is -2.31. The molecule has 0 aliphatic rings. The summed E-state index contributed by atoms with van der Waals surface area (Å²) in [5, 5.41) is 14.5. The van der Waals surface area contributed by atoms with Gasteiger partial charge >= 0.3 is 10.2 Å². The van der Waals surface area contributed by atoms with Crippen molar-refractivity contribution in [1.29, 1.82) is 0 Å². The lowest BCUT2D eigenvalue weighted by molar-refractivity contribution is 0.212. The van der Waals surface area contributed by atoms with E-state index in [9.17, 15) is 13.5 Å². The molecule has 114 valence electrons. The molecule has 0 aliphatic heterocycles. The van der Waals surface area contributed by atoms with Crippen LogP contribution in [-0.4, -0.2) is 41.1 Å². The highest BCUT2D eigenvalue weighted by Gasteiger charge is 2.26. The zero-order valence-electron chi connectivity index (χ0n) is 11.9. The molecule has 0 saturated heterocycles. The van der Waals surface area contributed by atoms with Crippen molar-refractivity contribution in [1.82, 2.24) is 13.5 Å². The minimum atomic E-state index is -3.78. The quantitative estimate of drug-likeness (QED) is 0.884. The van der Waals surface area contributed by atoms with E-state index in [2.05, 4.69) is 21.0 Å². The first-order chi connectivity index (χ1) is 9.73. The lowest BCUT2D eigenvalue weighted by atomic mass is 10.1. The molecular weight excluding hydrogens is 358 g/mol. The summed E-state index contributed by atoms with van der Waals surface area (Å²) >= 11 is 3.33. The highest BCUT2D eigenvalue weighted by molar-refractivity contribution is 9.10. The Morgan fingerprint density at radius 2 is 2.00 bits per heavy atom. The standard InChI is InChI=1S/C13H16BrN3O3S/c1-9-7-12(17(15-9)21(19,20)16(2)3)13(18)10-5-4-6-11(14)8-10/h4-8,13,18H,1-3H3. The van der Waals surface area contributed by atoms with E-state index in [1.54, 1.807) is 31.2 Å². The molecule has 2 aromatic rings. The summed E-state index contributed by atoms with van der Waals surface area (Å²) in [6.07, 6.45) is -1.08. The van der Waals surface area contributed by atoms with Gasteiger partial charge in [0.05, 0.1) is 11.4 Å². The van der Waals surface area contributed by atoms with Gasteiger partial charge < -0.3 is 5.11 Å². The van der Waals surface area contributed by atoms with E-state index in [0.29, 0.717) is 11.3 Å². The van der Waals surface area contributed by atoms with Gasteiger partial charge in [-0.05, 0) is 30.7 Å². The third-order valence-electron chi connectivity index (χ3n) is 2.95. The third kappa shape index (κ3) is 3.18. The SMILES string of the molecule is Cc1cc(C(O)c2cccc(Br)c2)n(S(=O)(=O)N(C)C)n1. The second-order valence-electron chi connectivity index (χ2n) is 4.80. The molecule has 2 rings (SSSR count). The molecule has 0 bridgehead atoms. The molecule has 8 heteroatoms. The van der Waals surface area contributed by atoms with Crippen molar-refractivity contribution in [2.24, 2.45) is 0 Å². The average Bonchev–Trinajstić information content (AvgIpc) is 2.80. The van der Waals surface area contributed by atoms with Crippen LogP contribution in [0.15, 0.2) is 34.8 Å². The van der Waals surface area contributed by atoms with Crippen LogP contribution in [0.25, 0.3) is 0 Å². The van der Waals surface area contributed by atoms with Gasteiger partial charge in [-0.2, -0.15) is 17.8 Å². The van der Waals surface area contributed by atoms with Gasteiger partial charge in [0, 0.05) is 18.6 Å². The first kappa shape index (κ1) is 16.2. The van der Waals surface area contributed by atoms with Crippen molar-refractivity contribution < 1.29 is 13.5 Å². The van der Waals surface area contributed by atoms with Crippen molar-refractivity contribution in [3.63, 3.8) is 0 Å². The smallest absolute Gasteiger partial charge is 0.322 e. The average molecular weight is 374 g/mol. The highest BCUT2D eigenvalue weighted by Crippen LogP contribution is 2.26. The molecule has 0 aliphatic carbocycles. The van der Waals surface area contributed by atoms with Crippen molar-refractivity contribution in [3.8, 4) is 0 Å². The Kier molecular flexibility index (Phi) is 4.52. The van der Waals surface area contributed by atoms with Gasteiger partial charge in [0.2, 0.25) is 0 Å². The van der Waals surface area contributed by atoms with Gasteiger partial charge in [-0.15, -0.1) is 4.09 Å². The zero-order chi connectivity index (χ0) is 15.8. The highest BCUT2D eigenvalue weighted by atomic mass is 79.9. The monoisotopic (exact) mass is 373 g/mol. The summed E-state index contributed by atoms with van der Waals surface area (Å²) in [5.74, 6) is 0. The molecule has 0 amide bonds. The fourth-order valence-corrected chi connectivity index (χ4v) is 3.25. The molecule has 1 aromatic carbocycles. The third-order valence-corrected chi connectivity index (χ3v) is 5.10. The van der Waals surface area contributed by atoms with Gasteiger partial charge in [0.15, 0.2) is 0 Å². The van der Waals surface area contributed by atoms with E-state index in [-0.39, 0.29) is 5.69 Å². The topological polar surface area (TPSA) is 75.4 Å². The summed E-state index contributed by atoms with van der Waals surface area (Å²) in [6.45, 7) is 1.68. The van der Waals surface area contributed by atoms with Crippen LogP contribution in [0.1, 0.15) is 23.1 Å². The number of halogens is 1. The predicted octanol–water partition coefficient (Wildman–Crippen LogP) is 1.69. The summed E-state index contributed by atoms with van der Waals surface area (Å²) < 4.78 is 27.3. The van der Waals surface area contributed by atoms with Crippen LogP contribution >= 0.6 is 15.9 Å². The van der Waals surface area contributed by atoms with E-state index in [1.165, 1.54) is 14.1 Å². The van der Waals surface area contributed by atoms with Crippen molar-refractivity contribution in [3.05, 3.63) is 51.8 Å². The minimum Gasteiger partial charge on any atom is -0.382 e. The normalized spacial score (nSPS) is 13.6. The lowest BCUT2D eigenvalue weighted by Gasteiger charge is -2.17. The molecule has 0 radical (unpaired) electrons. The van der Waals surface area contributed by atoms with E-state index < -0.39 is 16.3 Å². The van der Waals surface area contributed by atoms with E-state index in [1.807, 2.05) is 6.07 Å². The summed E-state index contributed by atoms with van der Waals surface area (Å²) in [7, 11) is -0.946. The van der Waals surface area contributed by atoms with Crippen molar-refractivity contribution in [2.75, 3.05) is 14.1 Å². The van der Waals surface area contributed by atoms with Gasteiger partial charge in [0.1, 0.15) is 6.10 Å². The molecule has 1 N–H and O–H groups in total. The minimum absolute atomic E-state index is 0.208. The van der Waals surface area contributed by atoms with Gasteiger partial charge in [-0.1, -0.05) is 28.1 Å². The fraction of sp³-hybridized carbons (Fsp3) is 0.308. The predicted molar refractivity (Wildman–Crippen MR) is 83.2 cm³/mol. The Labute approximate surface area is 132 Å². The number of nitrogens with zero attached hydrogens (tertiary/aromatic N) is 3.